The van der Waals surface area contributed by atoms with Crippen LogP contribution in [0.4, 0.5) is 0 Å². The van der Waals surface area contributed by atoms with Gasteiger partial charge in [0, 0.05) is 25.9 Å². The molecule has 3 amide bonds. The molecule has 0 aliphatic carbocycles. The minimum absolute atomic E-state index is 0.0609. The Morgan fingerprint density at radius 3 is 2.50 bits per heavy atom. The highest BCUT2D eigenvalue weighted by Gasteiger charge is 2.28. The van der Waals surface area contributed by atoms with Crippen molar-refractivity contribution in [2.75, 3.05) is 13.6 Å². The predicted molar refractivity (Wildman–Crippen MR) is 99.4 cm³/mol. The Hall–Kier alpha value is -1.63. The Morgan fingerprint density at radius 1 is 1.19 bits per heavy atom. The summed E-state index contributed by atoms with van der Waals surface area (Å²) >= 11 is 0. The summed E-state index contributed by atoms with van der Waals surface area (Å²) in [4.78, 5) is 38.7. The van der Waals surface area contributed by atoms with Gasteiger partial charge in [-0.15, -0.1) is 0 Å². The zero-order valence-electron chi connectivity index (χ0n) is 16.3. The molecule has 2 atom stereocenters. The van der Waals surface area contributed by atoms with E-state index in [1.54, 1.807) is 17.4 Å². The van der Waals surface area contributed by atoms with Crippen LogP contribution in [0.15, 0.2) is 0 Å². The van der Waals surface area contributed by atoms with Crippen molar-refractivity contribution in [3.05, 3.63) is 0 Å². The monoisotopic (exact) mass is 369 g/mol. The molecule has 1 aliphatic rings. The number of nitrogens with one attached hydrogen (secondary N) is 2. The molecule has 2 unspecified atom stereocenters. The number of rotatable bonds is 5. The molecule has 0 spiro atoms. The quantitative estimate of drug-likeness (QED) is 0.512. The first-order valence-electron chi connectivity index (χ1n) is 9.97. The van der Waals surface area contributed by atoms with Crippen molar-refractivity contribution in [2.45, 2.75) is 83.6 Å². The van der Waals surface area contributed by atoms with E-state index < -0.39 is 17.9 Å². The van der Waals surface area contributed by atoms with E-state index in [0.29, 0.717) is 19.4 Å². The maximum absolute atomic E-state index is 12.7. The minimum atomic E-state index is -0.570. The van der Waals surface area contributed by atoms with E-state index in [9.17, 15) is 14.4 Å². The summed E-state index contributed by atoms with van der Waals surface area (Å²) in [5.41, 5.74) is 1.60. The standard InChI is InChI=1S/C19H35N3O4/c1-3-4-12-16-19(25)22(2)13-10-8-6-5-7-9-11-15(18(24)20-16)14-17(23)21-26/h15-16,26H,3-14H2,1-2H3,(H,20,24)(H,21,23). The molecule has 0 bridgehead atoms. The molecule has 3 N–H and O–H groups in total. The van der Waals surface area contributed by atoms with Crippen LogP contribution in [0.1, 0.15) is 77.6 Å². The third-order valence-corrected chi connectivity index (χ3v) is 5.06. The molecular weight excluding hydrogens is 334 g/mol. The summed E-state index contributed by atoms with van der Waals surface area (Å²) in [7, 11) is 1.79. The zero-order chi connectivity index (χ0) is 19.4. The smallest absolute Gasteiger partial charge is 0.244 e. The molecule has 0 saturated carbocycles. The summed E-state index contributed by atoms with van der Waals surface area (Å²) in [6.07, 6.45) is 9.11. The first kappa shape index (κ1) is 22.4. The lowest BCUT2D eigenvalue weighted by atomic mass is 9.94. The van der Waals surface area contributed by atoms with E-state index >= 15 is 0 Å². The molecule has 0 aromatic heterocycles. The summed E-state index contributed by atoms with van der Waals surface area (Å²) in [6.45, 7) is 2.75. The topological polar surface area (TPSA) is 98.7 Å². The Balaban J connectivity index is 2.88. The van der Waals surface area contributed by atoms with Gasteiger partial charge in [0.05, 0.1) is 0 Å². The average Bonchev–Trinajstić information content (AvgIpc) is 2.64. The average molecular weight is 370 g/mol. The highest BCUT2D eigenvalue weighted by molar-refractivity contribution is 5.90. The number of carbonyl (C=O) groups excluding carboxylic acids is 3. The Kier molecular flexibility index (Phi) is 10.9. The van der Waals surface area contributed by atoms with Gasteiger partial charge in [-0.2, -0.15) is 0 Å². The van der Waals surface area contributed by atoms with Crippen LogP contribution in [0.5, 0.6) is 0 Å². The summed E-state index contributed by atoms with van der Waals surface area (Å²) in [5.74, 6) is -1.42. The first-order valence-corrected chi connectivity index (χ1v) is 9.97. The van der Waals surface area contributed by atoms with Crippen molar-refractivity contribution in [1.29, 1.82) is 0 Å². The molecule has 0 aromatic carbocycles. The number of amides is 3. The molecule has 1 rings (SSSR count). The lowest BCUT2D eigenvalue weighted by Gasteiger charge is -2.27. The van der Waals surface area contributed by atoms with Gasteiger partial charge in [-0.3, -0.25) is 19.6 Å². The van der Waals surface area contributed by atoms with E-state index in [4.69, 9.17) is 5.21 Å². The molecule has 7 nitrogen and oxygen atoms in total. The lowest BCUT2D eigenvalue weighted by Crippen LogP contribution is -2.49. The van der Waals surface area contributed by atoms with Gasteiger partial charge >= 0.3 is 0 Å². The van der Waals surface area contributed by atoms with Crippen molar-refractivity contribution in [1.82, 2.24) is 15.7 Å². The SMILES string of the molecule is CCCCC1NC(=O)C(CC(=O)NO)CCCCCCCCN(C)C1=O. The maximum Gasteiger partial charge on any atom is 0.244 e. The molecule has 1 aliphatic heterocycles. The van der Waals surface area contributed by atoms with Crippen LogP contribution in [-0.4, -0.2) is 47.5 Å². The molecule has 1 saturated heterocycles. The van der Waals surface area contributed by atoms with Gasteiger partial charge < -0.3 is 10.2 Å². The van der Waals surface area contributed by atoms with Crippen LogP contribution in [0.25, 0.3) is 0 Å². The fourth-order valence-corrected chi connectivity index (χ4v) is 3.37. The molecule has 150 valence electrons. The molecule has 0 aromatic rings. The summed E-state index contributed by atoms with van der Waals surface area (Å²) in [6, 6.07) is -0.546. The van der Waals surface area contributed by atoms with Crippen LogP contribution in [-0.2, 0) is 14.4 Å². The van der Waals surface area contributed by atoms with Crippen LogP contribution >= 0.6 is 0 Å². The van der Waals surface area contributed by atoms with Crippen LogP contribution in [0.3, 0.4) is 0 Å². The largest absolute Gasteiger partial charge is 0.344 e. The fourth-order valence-electron chi connectivity index (χ4n) is 3.37. The molecule has 0 radical (unpaired) electrons. The van der Waals surface area contributed by atoms with Crippen molar-refractivity contribution in [3.8, 4) is 0 Å². The van der Waals surface area contributed by atoms with E-state index in [-0.39, 0.29) is 18.2 Å². The number of carbonyl (C=O) groups is 3. The minimum Gasteiger partial charge on any atom is -0.344 e. The lowest BCUT2D eigenvalue weighted by molar-refractivity contribution is -0.138. The van der Waals surface area contributed by atoms with Gasteiger partial charge in [0.1, 0.15) is 6.04 Å². The zero-order valence-corrected chi connectivity index (χ0v) is 16.3. The first-order chi connectivity index (χ1) is 12.5. The van der Waals surface area contributed by atoms with Gasteiger partial charge in [0.25, 0.3) is 0 Å². The van der Waals surface area contributed by atoms with E-state index in [1.807, 2.05) is 6.92 Å². The van der Waals surface area contributed by atoms with E-state index in [0.717, 1.165) is 51.4 Å². The Bertz CT molecular complexity index is 456. The molecule has 26 heavy (non-hydrogen) atoms. The van der Waals surface area contributed by atoms with E-state index in [1.165, 1.54) is 0 Å². The van der Waals surface area contributed by atoms with Gasteiger partial charge in [-0.25, -0.2) is 5.48 Å². The van der Waals surface area contributed by atoms with Crippen molar-refractivity contribution >= 4 is 17.7 Å². The third-order valence-electron chi connectivity index (χ3n) is 5.06. The second-order valence-corrected chi connectivity index (χ2v) is 7.31. The fraction of sp³-hybridized carbons (Fsp3) is 0.842. The number of likely N-dealkylation sites (N-methyl/N-ethyl adjacent to an activating group) is 1. The van der Waals surface area contributed by atoms with E-state index in [2.05, 4.69) is 5.32 Å². The van der Waals surface area contributed by atoms with Crippen molar-refractivity contribution in [2.24, 2.45) is 5.92 Å². The van der Waals surface area contributed by atoms with Crippen LogP contribution in [0.2, 0.25) is 0 Å². The van der Waals surface area contributed by atoms with Crippen molar-refractivity contribution < 1.29 is 19.6 Å². The maximum atomic E-state index is 12.7. The van der Waals surface area contributed by atoms with Gasteiger partial charge in [0.15, 0.2) is 0 Å². The number of unbranched alkanes of at least 4 members (excludes halogenated alkanes) is 1. The predicted octanol–water partition coefficient (Wildman–Crippen LogP) is 2.38. The molecular formula is C19H35N3O4. The number of hydroxylamine groups is 1. The summed E-state index contributed by atoms with van der Waals surface area (Å²) < 4.78 is 0. The molecule has 7 heteroatoms. The van der Waals surface area contributed by atoms with Gasteiger partial charge in [0.2, 0.25) is 17.7 Å². The third kappa shape index (κ3) is 8.17. The van der Waals surface area contributed by atoms with Crippen LogP contribution in [0, 0.1) is 5.92 Å². The number of hydrogen-bond acceptors (Lipinski definition) is 4. The molecule has 1 fully saturated rings. The highest BCUT2D eigenvalue weighted by Crippen LogP contribution is 2.18. The molecule has 1 heterocycles. The second-order valence-electron chi connectivity index (χ2n) is 7.31. The normalized spacial score (nSPS) is 23.9. The van der Waals surface area contributed by atoms with Crippen LogP contribution < -0.4 is 10.8 Å². The van der Waals surface area contributed by atoms with Crippen molar-refractivity contribution in [3.63, 3.8) is 0 Å². The Morgan fingerprint density at radius 2 is 1.85 bits per heavy atom. The summed E-state index contributed by atoms with van der Waals surface area (Å²) in [5, 5.41) is 11.7. The second kappa shape index (κ2) is 12.7. The highest BCUT2D eigenvalue weighted by atomic mass is 16.5. The number of hydrogen-bond donors (Lipinski definition) is 3. The Labute approximate surface area is 156 Å². The number of nitrogens with zero attached hydrogens (tertiary/aromatic N) is 1. The van der Waals surface area contributed by atoms with Gasteiger partial charge in [-0.05, 0) is 19.3 Å². The van der Waals surface area contributed by atoms with Gasteiger partial charge in [-0.1, -0.05) is 51.9 Å².